The van der Waals surface area contributed by atoms with Crippen molar-refractivity contribution in [2.75, 3.05) is 0 Å². The Morgan fingerprint density at radius 1 is 1.75 bits per heavy atom. The van der Waals surface area contributed by atoms with Crippen molar-refractivity contribution in [3.05, 3.63) is 30.5 Å². The second-order valence-corrected chi connectivity index (χ2v) is 2.20. The van der Waals surface area contributed by atoms with Gasteiger partial charge in [0.25, 0.3) is 0 Å². The molecule has 0 atom stereocenters. The van der Waals surface area contributed by atoms with Gasteiger partial charge in [0.1, 0.15) is 0 Å². The van der Waals surface area contributed by atoms with Crippen molar-refractivity contribution in [1.29, 1.82) is 0 Å². The number of carbonyl (C=O) groups excluding carboxylic acids is 1. The first-order chi connectivity index (χ1) is 5.74. The second kappa shape index (κ2) is 3.67. The number of nitrogens with zero attached hydrogens (tertiary/aromatic N) is 1. The molecule has 1 aromatic rings. The third-order valence-corrected chi connectivity index (χ3v) is 1.26. The lowest BCUT2D eigenvalue weighted by Gasteiger charge is -2.01. The molecule has 3 heteroatoms. The van der Waals surface area contributed by atoms with Gasteiger partial charge in [-0.05, 0) is 12.1 Å². The van der Waals surface area contributed by atoms with Crippen LogP contribution in [0.15, 0.2) is 24.9 Å². The maximum Gasteiger partial charge on any atom is 0.309 e. The third-order valence-electron chi connectivity index (χ3n) is 1.26. The van der Waals surface area contributed by atoms with Gasteiger partial charge in [0.15, 0.2) is 0 Å². The molecule has 0 N–H and O–H groups in total. The summed E-state index contributed by atoms with van der Waals surface area (Å²) in [5, 5.41) is 0. The zero-order valence-electron chi connectivity index (χ0n) is 6.78. The molecular weight excluding hydrogens is 154 g/mol. The van der Waals surface area contributed by atoms with Crippen LogP contribution >= 0.6 is 0 Å². The molecule has 12 heavy (non-hydrogen) atoms. The zero-order chi connectivity index (χ0) is 8.97. The van der Waals surface area contributed by atoms with E-state index in [1.165, 1.54) is 6.92 Å². The quantitative estimate of drug-likeness (QED) is 0.622. The number of pyridine rings is 1. The summed E-state index contributed by atoms with van der Waals surface area (Å²) < 4.78 is 4.81. The lowest BCUT2D eigenvalue weighted by atomic mass is 10.3. The number of carbonyl (C=O) groups is 1. The Kier molecular flexibility index (Phi) is 2.58. The van der Waals surface area contributed by atoms with E-state index in [0.717, 1.165) is 0 Å². The van der Waals surface area contributed by atoms with Crippen LogP contribution in [-0.4, -0.2) is 11.0 Å². The Bertz CT molecular complexity index is 307. The monoisotopic (exact) mass is 163 g/mol. The Labute approximate surface area is 70.7 Å². The van der Waals surface area contributed by atoms with Crippen LogP contribution in [0.1, 0.15) is 12.5 Å². The minimum atomic E-state index is -0.378. The number of ether oxygens (including phenoxy) is 1. The van der Waals surface area contributed by atoms with E-state index in [1.54, 1.807) is 24.4 Å². The maximum absolute atomic E-state index is 10.6. The predicted octanol–water partition coefficient (Wildman–Crippen LogP) is 1.65. The highest BCUT2D eigenvalue weighted by Crippen LogP contribution is 2.14. The normalized spacial score (nSPS) is 9.08. The van der Waals surface area contributed by atoms with E-state index in [2.05, 4.69) is 11.6 Å². The third kappa shape index (κ3) is 1.92. The number of esters is 1. The number of hydrogen-bond acceptors (Lipinski definition) is 3. The fourth-order valence-electron chi connectivity index (χ4n) is 0.780. The predicted molar refractivity (Wildman–Crippen MR) is 45.6 cm³/mol. The average Bonchev–Trinajstić information content (AvgIpc) is 2.04. The first kappa shape index (κ1) is 8.46. The molecule has 0 aliphatic heterocycles. The summed E-state index contributed by atoms with van der Waals surface area (Å²) in [5.74, 6) is -0.0724. The average molecular weight is 163 g/mol. The molecule has 1 aromatic heterocycles. The molecule has 0 fully saturated rings. The molecule has 0 bridgehead atoms. The van der Waals surface area contributed by atoms with Gasteiger partial charge in [-0.3, -0.25) is 4.79 Å². The molecule has 0 radical (unpaired) electrons. The van der Waals surface area contributed by atoms with Crippen LogP contribution in [0.2, 0.25) is 0 Å². The molecule has 3 nitrogen and oxygen atoms in total. The van der Waals surface area contributed by atoms with Crippen LogP contribution in [0.5, 0.6) is 5.88 Å². The molecule has 0 aliphatic carbocycles. The summed E-state index contributed by atoms with van der Waals surface area (Å²) in [4.78, 5) is 14.5. The van der Waals surface area contributed by atoms with Crippen molar-refractivity contribution >= 4 is 12.0 Å². The van der Waals surface area contributed by atoms with E-state index in [1.807, 2.05) is 0 Å². The zero-order valence-corrected chi connectivity index (χ0v) is 6.78. The molecule has 0 amide bonds. The number of rotatable bonds is 2. The Balaban J connectivity index is 2.96. The topological polar surface area (TPSA) is 39.2 Å². The fourth-order valence-corrected chi connectivity index (χ4v) is 0.780. The van der Waals surface area contributed by atoms with Gasteiger partial charge in [-0.2, -0.15) is 0 Å². The van der Waals surface area contributed by atoms with Crippen molar-refractivity contribution in [2.45, 2.75) is 6.92 Å². The van der Waals surface area contributed by atoms with E-state index in [4.69, 9.17) is 4.74 Å². The van der Waals surface area contributed by atoms with Crippen LogP contribution in [0.3, 0.4) is 0 Å². The van der Waals surface area contributed by atoms with Gasteiger partial charge in [-0.15, -0.1) is 0 Å². The van der Waals surface area contributed by atoms with Crippen molar-refractivity contribution in [2.24, 2.45) is 0 Å². The van der Waals surface area contributed by atoms with Crippen LogP contribution in [0, 0.1) is 0 Å². The lowest BCUT2D eigenvalue weighted by Crippen LogP contribution is -2.04. The SMILES string of the molecule is C=Cc1cccnc1OC(C)=O. The molecule has 0 saturated carbocycles. The summed E-state index contributed by atoms with van der Waals surface area (Å²) in [6, 6.07) is 3.53. The highest BCUT2D eigenvalue weighted by atomic mass is 16.5. The van der Waals surface area contributed by atoms with Gasteiger partial charge in [0.2, 0.25) is 5.88 Å². The lowest BCUT2D eigenvalue weighted by molar-refractivity contribution is -0.132. The summed E-state index contributed by atoms with van der Waals surface area (Å²) >= 11 is 0. The standard InChI is InChI=1S/C9H9NO2/c1-3-8-5-4-6-10-9(8)12-7(2)11/h3-6H,1H2,2H3. The first-order valence-electron chi connectivity index (χ1n) is 3.50. The Hall–Kier alpha value is -1.64. The van der Waals surface area contributed by atoms with Gasteiger partial charge in [-0.25, -0.2) is 4.98 Å². The summed E-state index contributed by atoms with van der Waals surface area (Å²) in [6.07, 6.45) is 3.15. The van der Waals surface area contributed by atoms with Gasteiger partial charge in [-0.1, -0.05) is 12.7 Å². The van der Waals surface area contributed by atoms with E-state index in [-0.39, 0.29) is 5.97 Å². The van der Waals surface area contributed by atoms with Gasteiger partial charge in [0, 0.05) is 18.7 Å². The van der Waals surface area contributed by atoms with E-state index >= 15 is 0 Å². The van der Waals surface area contributed by atoms with E-state index < -0.39 is 0 Å². The number of aromatic nitrogens is 1. The molecule has 0 spiro atoms. The van der Waals surface area contributed by atoms with Crippen LogP contribution in [-0.2, 0) is 4.79 Å². The maximum atomic E-state index is 10.6. The molecule has 0 saturated heterocycles. The van der Waals surface area contributed by atoms with Crippen molar-refractivity contribution < 1.29 is 9.53 Å². The fraction of sp³-hybridized carbons (Fsp3) is 0.111. The Morgan fingerprint density at radius 2 is 2.50 bits per heavy atom. The molecule has 1 heterocycles. The van der Waals surface area contributed by atoms with Crippen LogP contribution in [0.25, 0.3) is 6.08 Å². The van der Waals surface area contributed by atoms with Crippen molar-refractivity contribution in [3.63, 3.8) is 0 Å². The van der Waals surface area contributed by atoms with Crippen molar-refractivity contribution in [1.82, 2.24) is 4.98 Å². The minimum absolute atomic E-state index is 0.306. The van der Waals surface area contributed by atoms with Gasteiger partial charge in [0.05, 0.1) is 0 Å². The summed E-state index contributed by atoms with van der Waals surface area (Å²) in [5.41, 5.74) is 0.715. The number of hydrogen-bond donors (Lipinski definition) is 0. The van der Waals surface area contributed by atoms with Crippen molar-refractivity contribution in [3.8, 4) is 5.88 Å². The molecule has 0 aliphatic rings. The molecule has 0 unspecified atom stereocenters. The first-order valence-corrected chi connectivity index (χ1v) is 3.50. The Morgan fingerprint density at radius 3 is 3.08 bits per heavy atom. The van der Waals surface area contributed by atoms with E-state index in [0.29, 0.717) is 11.4 Å². The molecule has 0 aromatic carbocycles. The van der Waals surface area contributed by atoms with Gasteiger partial charge >= 0.3 is 5.97 Å². The van der Waals surface area contributed by atoms with Crippen LogP contribution < -0.4 is 4.74 Å². The molecular formula is C9H9NO2. The molecule has 1 rings (SSSR count). The van der Waals surface area contributed by atoms with E-state index in [9.17, 15) is 4.79 Å². The highest BCUT2D eigenvalue weighted by molar-refractivity contribution is 5.70. The summed E-state index contributed by atoms with van der Waals surface area (Å²) in [7, 11) is 0. The second-order valence-electron chi connectivity index (χ2n) is 2.20. The smallest absolute Gasteiger partial charge is 0.309 e. The highest BCUT2D eigenvalue weighted by Gasteiger charge is 2.02. The van der Waals surface area contributed by atoms with Crippen LogP contribution in [0.4, 0.5) is 0 Å². The largest absolute Gasteiger partial charge is 0.407 e. The molecule has 62 valence electrons. The minimum Gasteiger partial charge on any atom is -0.407 e. The summed E-state index contributed by atoms with van der Waals surface area (Å²) in [6.45, 7) is 4.90. The van der Waals surface area contributed by atoms with Gasteiger partial charge < -0.3 is 4.74 Å².